The second-order valence-electron chi connectivity index (χ2n) is 21.9. The van der Waals surface area contributed by atoms with Gasteiger partial charge in [0.1, 0.15) is 28.9 Å². The van der Waals surface area contributed by atoms with Crippen LogP contribution in [0.3, 0.4) is 0 Å². The number of carbonyl (C=O) groups is 3. The number of aromatic amines is 1. The number of esters is 1. The molecule has 8 rings (SSSR count). The number of alkyl halides is 9. The smallest absolute Gasteiger partial charge is 0.487 e. The van der Waals surface area contributed by atoms with Gasteiger partial charge in [-0.25, -0.2) is 28.2 Å². The second kappa shape index (κ2) is 25.6. The molecule has 0 amide bonds. The van der Waals surface area contributed by atoms with Gasteiger partial charge in [0.2, 0.25) is 0 Å². The summed E-state index contributed by atoms with van der Waals surface area (Å²) < 4.78 is 158. The van der Waals surface area contributed by atoms with Gasteiger partial charge in [-0.2, -0.15) is 49.7 Å². The van der Waals surface area contributed by atoms with Crippen LogP contribution < -0.4 is 20.1 Å². The maximum atomic E-state index is 14.6. The molecule has 4 heterocycles. The molecule has 27 heteroatoms. The lowest BCUT2D eigenvalue weighted by molar-refractivity contribution is -0.192. The van der Waals surface area contributed by atoms with E-state index in [4.69, 9.17) is 29.1 Å². The molecule has 0 bridgehead atoms. The van der Waals surface area contributed by atoms with Gasteiger partial charge < -0.3 is 35.1 Å². The highest BCUT2D eigenvalue weighted by Crippen LogP contribution is 2.45. The zero-order chi connectivity index (χ0) is 61.3. The minimum atomic E-state index is -5.08. The van der Waals surface area contributed by atoms with Crippen molar-refractivity contribution in [2.24, 2.45) is 10.8 Å². The third-order valence-corrected chi connectivity index (χ3v) is 13.4. The van der Waals surface area contributed by atoms with Crippen LogP contribution in [-0.4, -0.2) is 82.1 Å². The molecule has 83 heavy (non-hydrogen) atoms. The van der Waals surface area contributed by atoms with Crippen LogP contribution in [0.4, 0.5) is 71.6 Å². The highest BCUT2D eigenvalue weighted by molar-refractivity contribution is 5.78. The molecule has 5 N–H and O–H groups in total. The summed E-state index contributed by atoms with van der Waals surface area (Å²) >= 11 is 0. The topological polar surface area (TPSA) is 216 Å². The Morgan fingerprint density at radius 3 is 1.48 bits per heavy atom. The van der Waals surface area contributed by atoms with Crippen molar-refractivity contribution < 1.29 is 87.1 Å². The molecule has 0 atom stereocenters. The van der Waals surface area contributed by atoms with Crippen molar-refractivity contribution >= 4 is 41.2 Å². The molecule has 6 aromatic rings. The van der Waals surface area contributed by atoms with Gasteiger partial charge in [0.15, 0.2) is 23.1 Å². The Kier molecular flexibility index (Phi) is 19.8. The molecule has 0 aliphatic heterocycles. The number of nitrogens with one attached hydrogen (secondary N) is 3. The van der Waals surface area contributed by atoms with Crippen LogP contribution >= 0.6 is 0 Å². The number of carboxylic acids is 2. The van der Waals surface area contributed by atoms with Crippen molar-refractivity contribution in [1.82, 2.24) is 29.9 Å². The molecular formula is C56H61F11N8O8. The lowest BCUT2D eigenvalue weighted by atomic mass is 9.70. The maximum Gasteiger partial charge on any atom is 0.490 e. The van der Waals surface area contributed by atoms with Crippen LogP contribution in [0.5, 0.6) is 11.5 Å². The Balaban J connectivity index is 0.000000243. The van der Waals surface area contributed by atoms with Crippen LogP contribution in [0.1, 0.15) is 115 Å². The molecule has 2 saturated carbocycles. The fraction of sp³-hybridized carbons (Fsp3) is 0.446. The predicted octanol–water partition coefficient (Wildman–Crippen LogP) is 13.8. The zero-order valence-corrected chi connectivity index (χ0v) is 45.7. The summed E-state index contributed by atoms with van der Waals surface area (Å²) in [5.74, 6) is -5.41. The van der Waals surface area contributed by atoms with Crippen LogP contribution in [0.25, 0.3) is 0 Å². The normalized spacial score (nSPS) is 19.4. The van der Waals surface area contributed by atoms with Gasteiger partial charge in [-0.1, -0.05) is 24.3 Å². The van der Waals surface area contributed by atoms with Crippen LogP contribution in [0.15, 0.2) is 97.3 Å². The van der Waals surface area contributed by atoms with E-state index >= 15 is 0 Å². The van der Waals surface area contributed by atoms with Crippen LogP contribution in [0.2, 0.25) is 0 Å². The number of hydrogen-bond acceptors (Lipinski definition) is 12. The number of rotatable bonds is 14. The van der Waals surface area contributed by atoms with Gasteiger partial charge in [-0.05, 0) is 141 Å². The SMILES string of the molecule is CC(C)(C)OC(=O)C1(Cc2cccc(Nc3ccnn3C(C)(C)C)n2)CCC(Oc2cccc(C(F)(F)F)c2F)CC1.O=C(O)C(F)(F)F.O=C(O)C1(Cc2cccc(Nc3ccn[nH]3)n2)CCC(Oc2cccc(C(F)(F)F)c2F)CC1. The average Bonchev–Trinajstić information content (AvgIpc) is 3.85. The van der Waals surface area contributed by atoms with E-state index in [2.05, 4.69) is 30.9 Å². The molecule has 2 fully saturated rings. The van der Waals surface area contributed by atoms with E-state index in [1.54, 1.807) is 57.4 Å². The first-order valence-electron chi connectivity index (χ1n) is 25.9. The first-order valence-corrected chi connectivity index (χ1v) is 25.9. The third-order valence-electron chi connectivity index (χ3n) is 13.4. The lowest BCUT2D eigenvalue weighted by Crippen LogP contribution is -2.44. The van der Waals surface area contributed by atoms with Crippen molar-refractivity contribution in [1.29, 1.82) is 0 Å². The Labute approximate surface area is 469 Å². The van der Waals surface area contributed by atoms with E-state index in [-0.39, 0.29) is 43.6 Å². The second-order valence-corrected chi connectivity index (χ2v) is 21.9. The van der Waals surface area contributed by atoms with E-state index in [9.17, 15) is 63.0 Å². The molecule has 0 radical (unpaired) electrons. The average molecular weight is 1180 g/mol. The molecule has 0 unspecified atom stereocenters. The van der Waals surface area contributed by atoms with Crippen LogP contribution in [-0.2, 0) is 49.9 Å². The number of nitrogens with zero attached hydrogens (tertiary/aromatic N) is 5. The lowest BCUT2D eigenvalue weighted by Gasteiger charge is -2.39. The summed E-state index contributed by atoms with van der Waals surface area (Å²) in [6, 6.07) is 20.2. The number of anilines is 4. The first-order chi connectivity index (χ1) is 38.6. The van der Waals surface area contributed by atoms with E-state index < -0.39 is 93.4 Å². The number of aliphatic carboxylic acids is 2. The minimum absolute atomic E-state index is 0.172. The molecule has 2 aliphatic rings. The minimum Gasteiger partial charge on any atom is -0.487 e. The molecule has 0 spiro atoms. The van der Waals surface area contributed by atoms with E-state index in [1.807, 2.05) is 49.7 Å². The molecule has 2 aliphatic carbocycles. The molecule has 16 nitrogen and oxygen atoms in total. The quantitative estimate of drug-likeness (QED) is 0.0507. The van der Waals surface area contributed by atoms with E-state index in [0.29, 0.717) is 73.1 Å². The summed E-state index contributed by atoms with van der Waals surface area (Å²) in [7, 11) is 0. The summed E-state index contributed by atoms with van der Waals surface area (Å²) in [4.78, 5) is 44.0. The summed E-state index contributed by atoms with van der Waals surface area (Å²) in [6.07, 6.45) is -9.86. The molecule has 0 saturated heterocycles. The number of ether oxygens (including phenoxy) is 3. The van der Waals surface area contributed by atoms with Crippen molar-refractivity contribution in [2.45, 2.75) is 148 Å². The number of carboxylic acid groups (broad SMARTS) is 2. The van der Waals surface area contributed by atoms with Gasteiger partial charge in [0, 0.05) is 36.4 Å². The molecule has 2 aromatic carbocycles. The fourth-order valence-corrected chi connectivity index (χ4v) is 9.35. The number of benzene rings is 2. The molecular weight excluding hydrogens is 1120 g/mol. The van der Waals surface area contributed by atoms with Crippen molar-refractivity contribution in [3.05, 3.63) is 131 Å². The number of halogens is 11. The van der Waals surface area contributed by atoms with Crippen molar-refractivity contribution in [3.8, 4) is 11.5 Å². The Hall–Kier alpha value is -8.00. The number of aromatic nitrogens is 6. The Bertz CT molecular complexity index is 3160. The summed E-state index contributed by atoms with van der Waals surface area (Å²) in [6.45, 7) is 11.5. The maximum absolute atomic E-state index is 14.6. The van der Waals surface area contributed by atoms with Gasteiger partial charge >= 0.3 is 36.4 Å². The number of hydrogen-bond donors (Lipinski definition) is 5. The molecule has 4 aromatic heterocycles. The van der Waals surface area contributed by atoms with Crippen LogP contribution in [0, 0.1) is 22.5 Å². The van der Waals surface area contributed by atoms with Gasteiger partial charge in [-0.15, -0.1) is 0 Å². The monoisotopic (exact) mass is 1180 g/mol. The standard InChI is InChI=1S/C31H38F4N4O3.C23H22F4N4O3.C2HF3O2/c1-28(2,3)39-25(15-18-36-39)38-24-12-7-9-20(37-24)19-30(27(40)42-29(4,5)6)16-13-21(14-17-30)41-23-11-8-10-22(26(23)32)31(33,34)35;24-20-16(23(25,26)27)4-2-5-17(20)34-15-7-10-22(11-8-15,21(32)33)13-14-3-1-6-18(29-14)30-19-9-12-28-31-19;3-2(4,5)1(6)7/h7-12,15,18,21H,13-14,16-17,19H2,1-6H3,(H,37,38);1-6,9,12,15H,7-8,10-11,13H2,(H,32,33)(H2,28,29,30,31);(H,6,7). The number of pyridine rings is 2. The Morgan fingerprint density at radius 1 is 0.627 bits per heavy atom. The predicted molar refractivity (Wildman–Crippen MR) is 279 cm³/mol. The van der Waals surface area contributed by atoms with Gasteiger partial charge in [0.05, 0.1) is 52.1 Å². The highest BCUT2D eigenvalue weighted by Gasteiger charge is 2.47. The van der Waals surface area contributed by atoms with Crippen molar-refractivity contribution in [2.75, 3.05) is 10.6 Å². The fourth-order valence-electron chi connectivity index (χ4n) is 9.35. The Morgan fingerprint density at radius 2 is 1.07 bits per heavy atom. The highest BCUT2D eigenvalue weighted by atomic mass is 19.4. The van der Waals surface area contributed by atoms with Gasteiger partial charge in [-0.3, -0.25) is 14.7 Å². The zero-order valence-electron chi connectivity index (χ0n) is 45.7. The van der Waals surface area contributed by atoms with E-state index in [1.165, 1.54) is 6.07 Å². The summed E-state index contributed by atoms with van der Waals surface area (Å²) in [5.41, 5.74) is -4.52. The van der Waals surface area contributed by atoms with Crippen molar-refractivity contribution in [3.63, 3.8) is 0 Å². The third kappa shape index (κ3) is 17.5. The van der Waals surface area contributed by atoms with E-state index in [0.717, 1.165) is 24.0 Å². The van der Waals surface area contributed by atoms with Gasteiger partial charge in [0.25, 0.3) is 0 Å². The molecule has 450 valence electrons. The number of carbonyl (C=O) groups excluding carboxylic acids is 1. The first kappa shape index (κ1) is 64.2. The summed E-state index contributed by atoms with van der Waals surface area (Å²) in [5, 5.41) is 34.5. The largest absolute Gasteiger partial charge is 0.490 e. The number of H-pyrrole nitrogens is 1.